The Kier molecular flexibility index (Phi) is 4.26. The maximum absolute atomic E-state index is 9.77. The van der Waals surface area contributed by atoms with Crippen molar-refractivity contribution in [2.75, 3.05) is 13.3 Å². The summed E-state index contributed by atoms with van der Waals surface area (Å²) in [6, 6.07) is 0. The Hall–Kier alpha value is -0.570. The van der Waals surface area contributed by atoms with Crippen LogP contribution >= 0.6 is 0 Å². The van der Waals surface area contributed by atoms with E-state index in [0.717, 1.165) is 6.42 Å². The molecule has 0 aliphatic rings. The second-order valence-electron chi connectivity index (χ2n) is 1.50. The van der Waals surface area contributed by atoms with Gasteiger partial charge in [0.2, 0.25) is 0 Å². The van der Waals surface area contributed by atoms with Crippen molar-refractivity contribution in [2.45, 2.75) is 13.3 Å². The molecular formula is C5H10NO2. The van der Waals surface area contributed by atoms with Crippen LogP contribution in [0.5, 0.6) is 0 Å². The fourth-order valence-electron chi connectivity index (χ4n) is 0.415. The summed E-state index contributed by atoms with van der Waals surface area (Å²) in [6.45, 7) is 2.29. The first-order valence-corrected chi connectivity index (χ1v) is 2.58. The van der Waals surface area contributed by atoms with Gasteiger partial charge in [-0.25, -0.2) is 0 Å². The van der Waals surface area contributed by atoms with Crippen LogP contribution in [0.4, 0.5) is 0 Å². The summed E-state index contributed by atoms with van der Waals surface area (Å²) in [6.07, 6.45) is 2.44. The maximum atomic E-state index is 9.77. The van der Waals surface area contributed by atoms with Crippen LogP contribution < -0.4 is 0 Å². The lowest BCUT2D eigenvalue weighted by Gasteiger charge is -2.08. The highest BCUT2D eigenvalue weighted by Crippen LogP contribution is 1.81. The monoisotopic (exact) mass is 116 g/mol. The lowest BCUT2D eigenvalue weighted by atomic mass is 10.5. The Balaban J connectivity index is 3.21. The average molecular weight is 116 g/mol. The molecule has 1 N–H and O–H groups in total. The highest BCUT2D eigenvalue weighted by atomic mass is 16.3. The van der Waals surface area contributed by atoms with Gasteiger partial charge >= 0.3 is 6.41 Å². The first kappa shape index (κ1) is 7.43. The Labute approximate surface area is 48.9 Å². The predicted molar refractivity (Wildman–Crippen MR) is 29.8 cm³/mol. The number of hydrogen-bond donors (Lipinski definition) is 1. The molecule has 0 saturated heterocycles. The van der Waals surface area contributed by atoms with Gasteiger partial charge in [0.1, 0.15) is 6.73 Å². The second kappa shape index (κ2) is 4.59. The molecule has 0 rings (SSSR count). The Bertz CT molecular complexity index is 65.4. The van der Waals surface area contributed by atoms with E-state index in [-0.39, 0.29) is 6.73 Å². The van der Waals surface area contributed by atoms with Crippen molar-refractivity contribution in [3.63, 3.8) is 0 Å². The molecule has 1 amide bonds. The molecule has 0 aliphatic heterocycles. The lowest BCUT2D eigenvalue weighted by Crippen LogP contribution is -2.23. The molecular weight excluding hydrogens is 106 g/mol. The third-order valence-electron chi connectivity index (χ3n) is 0.793. The van der Waals surface area contributed by atoms with Crippen LogP contribution in [0, 0.1) is 0 Å². The molecule has 47 valence electrons. The summed E-state index contributed by atoms with van der Waals surface area (Å²) in [5.41, 5.74) is 0. The van der Waals surface area contributed by atoms with Crippen LogP contribution in [0.2, 0.25) is 0 Å². The Morgan fingerprint density at radius 2 is 2.38 bits per heavy atom. The topological polar surface area (TPSA) is 40.5 Å². The van der Waals surface area contributed by atoms with Gasteiger partial charge in [-0.3, -0.25) is 4.79 Å². The number of amides is 1. The molecule has 0 fully saturated rings. The summed E-state index contributed by atoms with van der Waals surface area (Å²) in [5.74, 6) is 0. The van der Waals surface area contributed by atoms with E-state index in [2.05, 4.69) is 0 Å². The van der Waals surface area contributed by atoms with Gasteiger partial charge in [-0.05, 0) is 6.42 Å². The molecule has 0 atom stereocenters. The van der Waals surface area contributed by atoms with Crippen LogP contribution in [0.1, 0.15) is 13.3 Å². The molecule has 0 aromatic rings. The molecule has 0 aliphatic carbocycles. The standard InChI is InChI=1S/C5H10NO2/c1-2-3-6(4-7)5-8/h7H,2-4H2,1H3. The molecule has 0 aromatic carbocycles. The lowest BCUT2D eigenvalue weighted by molar-refractivity contribution is 0.165. The normalized spacial score (nSPS) is 8.75. The van der Waals surface area contributed by atoms with Crippen molar-refractivity contribution in [3.8, 4) is 0 Å². The first-order chi connectivity index (χ1) is 3.85. The van der Waals surface area contributed by atoms with Crippen LogP contribution in [0.25, 0.3) is 0 Å². The molecule has 3 heteroatoms. The minimum atomic E-state index is -0.225. The zero-order valence-corrected chi connectivity index (χ0v) is 4.92. The van der Waals surface area contributed by atoms with Gasteiger partial charge in [-0.1, -0.05) is 6.92 Å². The first-order valence-electron chi connectivity index (χ1n) is 2.58. The Morgan fingerprint density at radius 3 is 2.50 bits per heavy atom. The molecule has 8 heavy (non-hydrogen) atoms. The third kappa shape index (κ3) is 2.58. The summed E-state index contributed by atoms with van der Waals surface area (Å²) in [4.78, 5) is 10.9. The van der Waals surface area contributed by atoms with E-state index in [1.165, 1.54) is 4.90 Å². The van der Waals surface area contributed by atoms with Crippen molar-refractivity contribution in [1.82, 2.24) is 4.90 Å². The predicted octanol–water partition coefficient (Wildman–Crippen LogP) is -0.285. The fourth-order valence-corrected chi connectivity index (χ4v) is 0.415. The molecule has 0 aromatic heterocycles. The maximum Gasteiger partial charge on any atom is 0.313 e. The van der Waals surface area contributed by atoms with E-state index in [0.29, 0.717) is 6.54 Å². The van der Waals surface area contributed by atoms with Crippen LogP contribution in [-0.4, -0.2) is 29.7 Å². The summed E-state index contributed by atoms with van der Waals surface area (Å²) in [5, 5.41) is 8.32. The van der Waals surface area contributed by atoms with Gasteiger partial charge in [0.15, 0.2) is 0 Å². The average Bonchev–Trinajstić information content (AvgIpc) is 1.83. The van der Waals surface area contributed by atoms with Gasteiger partial charge in [0, 0.05) is 6.54 Å². The molecule has 3 nitrogen and oxygen atoms in total. The number of aliphatic hydroxyl groups is 1. The smallest absolute Gasteiger partial charge is 0.313 e. The van der Waals surface area contributed by atoms with Gasteiger partial charge in [-0.15, -0.1) is 0 Å². The SMILES string of the molecule is CCCN([C]=O)CO. The van der Waals surface area contributed by atoms with Gasteiger partial charge in [-0.2, -0.15) is 0 Å². The summed E-state index contributed by atoms with van der Waals surface area (Å²) >= 11 is 0. The van der Waals surface area contributed by atoms with Crippen LogP contribution in [0.3, 0.4) is 0 Å². The summed E-state index contributed by atoms with van der Waals surface area (Å²) in [7, 11) is 0. The summed E-state index contributed by atoms with van der Waals surface area (Å²) < 4.78 is 0. The zero-order valence-electron chi connectivity index (χ0n) is 4.92. The molecule has 0 unspecified atom stereocenters. The third-order valence-corrected chi connectivity index (χ3v) is 0.793. The highest BCUT2D eigenvalue weighted by molar-refractivity contribution is 5.47. The second-order valence-corrected chi connectivity index (χ2v) is 1.50. The van der Waals surface area contributed by atoms with Crippen molar-refractivity contribution >= 4 is 6.41 Å². The minimum Gasteiger partial charge on any atom is -0.376 e. The van der Waals surface area contributed by atoms with Crippen LogP contribution in [-0.2, 0) is 4.79 Å². The number of hydrogen-bond acceptors (Lipinski definition) is 2. The van der Waals surface area contributed by atoms with Crippen molar-refractivity contribution in [2.24, 2.45) is 0 Å². The Morgan fingerprint density at radius 1 is 1.75 bits per heavy atom. The van der Waals surface area contributed by atoms with E-state index >= 15 is 0 Å². The zero-order chi connectivity index (χ0) is 6.41. The van der Waals surface area contributed by atoms with Crippen LogP contribution in [0.15, 0.2) is 0 Å². The fraction of sp³-hybridized carbons (Fsp3) is 0.800. The van der Waals surface area contributed by atoms with Gasteiger partial charge in [0.05, 0.1) is 0 Å². The van der Waals surface area contributed by atoms with E-state index in [1.54, 1.807) is 6.41 Å². The number of rotatable bonds is 4. The van der Waals surface area contributed by atoms with E-state index in [9.17, 15) is 4.79 Å². The largest absolute Gasteiger partial charge is 0.376 e. The molecule has 0 saturated carbocycles. The van der Waals surface area contributed by atoms with Gasteiger partial charge in [0.25, 0.3) is 0 Å². The molecule has 0 spiro atoms. The quantitative estimate of drug-likeness (QED) is 0.405. The van der Waals surface area contributed by atoms with Crippen molar-refractivity contribution in [3.05, 3.63) is 0 Å². The molecule has 1 radical (unpaired) electrons. The van der Waals surface area contributed by atoms with Crippen molar-refractivity contribution in [1.29, 1.82) is 0 Å². The number of aliphatic hydroxyl groups excluding tert-OH is 1. The van der Waals surface area contributed by atoms with E-state index < -0.39 is 0 Å². The minimum absolute atomic E-state index is 0.225. The van der Waals surface area contributed by atoms with Crippen molar-refractivity contribution < 1.29 is 9.90 Å². The molecule has 0 bridgehead atoms. The van der Waals surface area contributed by atoms with E-state index in [4.69, 9.17) is 5.11 Å². The highest BCUT2D eigenvalue weighted by Gasteiger charge is 1.94. The number of carbonyl (C=O) groups excluding carboxylic acids is 1. The van der Waals surface area contributed by atoms with Gasteiger partial charge < -0.3 is 10.0 Å². The number of nitrogens with zero attached hydrogens (tertiary/aromatic N) is 1. The molecule has 0 heterocycles. The van der Waals surface area contributed by atoms with E-state index in [1.807, 2.05) is 6.92 Å².